The topological polar surface area (TPSA) is 105 Å². The summed E-state index contributed by atoms with van der Waals surface area (Å²) in [5, 5.41) is 12.3. The number of hydrogen-bond acceptors (Lipinski definition) is 9. The number of benzene rings is 3. The zero-order chi connectivity index (χ0) is 32.6. The molecule has 0 amide bonds. The number of anilines is 1. The molecule has 8 rings (SSSR count). The Balaban J connectivity index is 1.24. The Bertz CT molecular complexity index is 2080. The fourth-order valence-electron chi connectivity index (χ4n) is 8.16. The third kappa shape index (κ3) is 4.81. The van der Waals surface area contributed by atoms with E-state index in [0.717, 1.165) is 19.4 Å². The summed E-state index contributed by atoms with van der Waals surface area (Å²) in [5.74, 6) is 2.40. The van der Waals surface area contributed by atoms with Crippen LogP contribution in [0.25, 0.3) is 32.8 Å². The number of halogens is 2. The van der Waals surface area contributed by atoms with Gasteiger partial charge in [-0.15, -0.1) is 6.42 Å². The zero-order valence-corrected chi connectivity index (χ0v) is 26.5. The Morgan fingerprint density at radius 1 is 1.11 bits per heavy atom. The molecule has 4 aliphatic heterocycles. The molecule has 1 N–H and O–H groups in total. The number of aromatic nitrogens is 2. The van der Waals surface area contributed by atoms with Gasteiger partial charge in [0, 0.05) is 60.8 Å². The first kappa shape index (κ1) is 30.3. The number of alkyl halides is 1. The molecule has 47 heavy (non-hydrogen) atoms. The average Bonchev–Trinajstić information content (AvgIpc) is 3.68. The first-order valence-corrected chi connectivity index (χ1v) is 17.6. The fourth-order valence-corrected chi connectivity index (χ4v) is 9.90. The molecule has 0 aliphatic carbocycles. The summed E-state index contributed by atoms with van der Waals surface area (Å²) in [6.07, 6.45) is 7.46. The van der Waals surface area contributed by atoms with Crippen LogP contribution in [-0.2, 0) is 14.6 Å². The molecule has 5 heterocycles. The Morgan fingerprint density at radius 3 is 2.70 bits per heavy atom. The largest absolute Gasteiger partial charge is 0.508 e. The lowest BCUT2D eigenvalue weighted by Crippen LogP contribution is -2.48. The zero-order valence-electron chi connectivity index (χ0n) is 25.7. The number of phenols is 1. The van der Waals surface area contributed by atoms with Gasteiger partial charge in [-0.2, -0.15) is 9.97 Å². The van der Waals surface area contributed by atoms with Crippen molar-refractivity contribution < 1.29 is 31.8 Å². The standard InChI is InChI=1S/C35H34F2N4O5S/c1-2-22-5-3-6-23-17-25(42)18-28(29(22)23)26-7-8-27-31(30(26)37)38-33(45-21-34-9-4-12-41(34)20-24(36)19-34)39-32(27)40-13-10-35(11-14-40)46-15-16-47(35,43)44/h1,3,5-8,17-18,24,42H,4,9-16,19-21H2/t24-,34+/m1/s1. The number of terminal acetylenes is 1. The molecule has 3 aromatic carbocycles. The van der Waals surface area contributed by atoms with Gasteiger partial charge in [0.05, 0.1) is 17.9 Å². The van der Waals surface area contributed by atoms with Gasteiger partial charge in [0.2, 0.25) is 0 Å². The molecule has 244 valence electrons. The second kappa shape index (κ2) is 11.0. The van der Waals surface area contributed by atoms with Gasteiger partial charge in [-0.3, -0.25) is 4.90 Å². The fraction of sp³-hybridized carbons (Fsp3) is 0.429. The molecular weight excluding hydrogens is 626 g/mol. The van der Waals surface area contributed by atoms with Crippen LogP contribution in [-0.4, -0.2) is 90.2 Å². The number of piperidine rings is 1. The van der Waals surface area contributed by atoms with Gasteiger partial charge in [-0.05, 0) is 54.6 Å². The summed E-state index contributed by atoms with van der Waals surface area (Å²) in [4.78, 5) is 12.2. The van der Waals surface area contributed by atoms with Crippen LogP contribution in [0.3, 0.4) is 0 Å². The van der Waals surface area contributed by atoms with Crippen LogP contribution in [0, 0.1) is 18.2 Å². The first-order chi connectivity index (χ1) is 22.6. The molecule has 0 unspecified atom stereocenters. The normalized spacial score (nSPS) is 25.0. The first-order valence-electron chi connectivity index (χ1n) is 16.0. The molecule has 4 aliphatic rings. The van der Waals surface area contributed by atoms with Crippen LogP contribution < -0.4 is 9.64 Å². The number of sulfone groups is 1. The minimum absolute atomic E-state index is 0.000960. The maximum absolute atomic E-state index is 16.9. The van der Waals surface area contributed by atoms with Crippen molar-refractivity contribution in [1.29, 1.82) is 0 Å². The third-order valence-corrected chi connectivity index (χ3v) is 12.9. The van der Waals surface area contributed by atoms with E-state index in [0.29, 0.717) is 59.2 Å². The van der Waals surface area contributed by atoms with Crippen LogP contribution in [0.1, 0.15) is 37.7 Å². The summed E-state index contributed by atoms with van der Waals surface area (Å²) in [6, 6.07) is 11.7. The van der Waals surface area contributed by atoms with E-state index in [4.69, 9.17) is 20.9 Å². The van der Waals surface area contributed by atoms with Crippen LogP contribution in [0.15, 0.2) is 42.5 Å². The highest BCUT2D eigenvalue weighted by Gasteiger charge is 2.51. The van der Waals surface area contributed by atoms with Gasteiger partial charge in [0.25, 0.3) is 0 Å². The number of nitrogens with zero attached hydrogens (tertiary/aromatic N) is 4. The Hall–Kier alpha value is -4.05. The van der Waals surface area contributed by atoms with Gasteiger partial charge in [0.15, 0.2) is 20.6 Å². The second-order valence-electron chi connectivity index (χ2n) is 13.1. The number of phenolic OH excluding ortho intramolecular Hbond substituents is 1. The minimum Gasteiger partial charge on any atom is -0.508 e. The van der Waals surface area contributed by atoms with E-state index in [2.05, 4.69) is 15.8 Å². The quantitative estimate of drug-likeness (QED) is 0.297. The van der Waals surface area contributed by atoms with Crippen molar-refractivity contribution in [3.05, 3.63) is 53.8 Å². The molecule has 4 saturated heterocycles. The molecular formula is C35H34F2N4O5S. The van der Waals surface area contributed by atoms with Crippen molar-refractivity contribution in [2.75, 3.05) is 50.0 Å². The predicted molar refractivity (Wildman–Crippen MR) is 175 cm³/mol. The van der Waals surface area contributed by atoms with Gasteiger partial charge < -0.3 is 19.5 Å². The Morgan fingerprint density at radius 2 is 1.94 bits per heavy atom. The average molecular weight is 661 g/mol. The molecule has 0 radical (unpaired) electrons. The van der Waals surface area contributed by atoms with E-state index in [1.165, 1.54) is 6.07 Å². The number of hydrogen-bond donors (Lipinski definition) is 1. The van der Waals surface area contributed by atoms with Crippen LogP contribution >= 0.6 is 0 Å². The minimum atomic E-state index is -3.40. The number of fused-ring (bicyclic) bond motifs is 3. The Labute approximate surface area is 271 Å². The van der Waals surface area contributed by atoms with E-state index in [-0.39, 0.29) is 54.6 Å². The summed E-state index contributed by atoms with van der Waals surface area (Å²) < 4.78 is 69.1. The van der Waals surface area contributed by atoms with Crippen LogP contribution in [0.2, 0.25) is 0 Å². The molecule has 1 spiro atoms. The number of ether oxygens (including phenoxy) is 2. The highest BCUT2D eigenvalue weighted by molar-refractivity contribution is 7.92. The van der Waals surface area contributed by atoms with Crippen molar-refractivity contribution in [1.82, 2.24) is 14.9 Å². The lowest BCUT2D eigenvalue weighted by Gasteiger charge is -2.38. The lowest BCUT2D eigenvalue weighted by molar-refractivity contribution is 0.0285. The highest BCUT2D eigenvalue weighted by atomic mass is 32.2. The van der Waals surface area contributed by atoms with E-state index in [1.807, 2.05) is 4.90 Å². The molecule has 9 nitrogen and oxygen atoms in total. The molecule has 4 aromatic rings. The van der Waals surface area contributed by atoms with Crippen LogP contribution in [0.4, 0.5) is 14.6 Å². The van der Waals surface area contributed by atoms with E-state index in [1.54, 1.807) is 36.4 Å². The smallest absolute Gasteiger partial charge is 0.319 e. The summed E-state index contributed by atoms with van der Waals surface area (Å²) >= 11 is 0. The summed E-state index contributed by atoms with van der Waals surface area (Å²) in [7, 11) is -3.40. The second-order valence-corrected chi connectivity index (χ2v) is 15.5. The number of rotatable bonds is 5. The van der Waals surface area contributed by atoms with Gasteiger partial charge in [-0.1, -0.05) is 24.1 Å². The molecule has 0 bridgehead atoms. The monoisotopic (exact) mass is 660 g/mol. The maximum atomic E-state index is 16.9. The molecule has 1 aromatic heterocycles. The highest BCUT2D eigenvalue weighted by Crippen LogP contribution is 2.43. The van der Waals surface area contributed by atoms with E-state index >= 15 is 4.39 Å². The SMILES string of the molecule is C#Cc1cccc2cc(O)cc(-c3ccc4c(N5CCC6(CC5)OCCS6(=O)=O)nc(OC[C@@]56CCCN5C[C@H](F)C6)nc4c3F)c12. The number of aromatic hydroxyl groups is 1. The predicted octanol–water partition coefficient (Wildman–Crippen LogP) is 4.97. The van der Waals surface area contributed by atoms with Gasteiger partial charge in [-0.25, -0.2) is 17.2 Å². The van der Waals surface area contributed by atoms with E-state index in [9.17, 15) is 17.9 Å². The van der Waals surface area contributed by atoms with Crippen LogP contribution in [0.5, 0.6) is 11.8 Å². The molecule has 12 heteroatoms. The van der Waals surface area contributed by atoms with Crippen molar-refractivity contribution in [3.63, 3.8) is 0 Å². The maximum Gasteiger partial charge on any atom is 0.319 e. The van der Waals surface area contributed by atoms with Gasteiger partial charge in [0.1, 0.15) is 29.9 Å². The summed E-state index contributed by atoms with van der Waals surface area (Å²) in [6.45, 7) is 2.13. The lowest BCUT2D eigenvalue weighted by atomic mass is 9.93. The van der Waals surface area contributed by atoms with Crippen molar-refractivity contribution in [2.24, 2.45) is 0 Å². The summed E-state index contributed by atoms with van der Waals surface area (Å²) in [5.41, 5.74) is 0.711. The van der Waals surface area contributed by atoms with Gasteiger partial charge >= 0.3 is 6.01 Å². The third-order valence-electron chi connectivity index (χ3n) is 10.5. The van der Waals surface area contributed by atoms with Crippen molar-refractivity contribution in [3.8, 4) is 35.2 Å². The molecule has 4 fully saturated rings. The van der Waals surface area contributed by atoms with Crippen molar-refractivity contribution >= 4 is 37.3 Å². The molecule has 0 saturated carbocycles. The molecule has 2 atom stereocenters. The van der Waals surface area contributed by atoms with Crippen molar-refractivity contribution in [2.45, 2.75) is 48.7 Å². The van der Waals surface area contributed by atoms with E-state index < -0.39 is 32.3 Å². The Kier molecular flexibility index (Phi) is 7.09.